The van der Waals surface area contributed by atoms with Gasteiger partial charge in [-0.25, -0.2) is 13.8 Å². The molecule has 4 rings (SSSR count). The fourth-order valence-corrected chi connectivity index (χ4v) is 3.71. The SMILES string of the molecule is CCn1c(C(C)(F)F)cc2c(c1=O)CC(c1nc(C(=O)NC3CC3)ccc1C=O)=C2. The molecule has 0 aromatic carbocycles. The maximum Gasteiger partial charge on any atom is 0.285 e. The van der Waals surface area contributed by atoms with E-state index in [9.17, 15) is 23.2 Å². The molecule has 2 aromatic rings. The molecule has 0 unspecified atom stereocenters. The van der Waals surface area contributed by atoms with E-state index < -0.39 is 11.5 Å². The van der Waals surface area contributed by atoms with Gasteiger partial charge in [-0.15, -0.1) is 0 Å². The Morgan fingerprint density at radius 3 is 2.70 bits per heavy atom. The molecule has 0 spiro atoms. The van der Waals surface area contributed by atoms with Crippen LogP contribution in [0, 0.1) is 0 Å². The molecule has 1 fully saturated rings. The van der Waals surface area contributed by atoms with E-state index in [1.54, 1.807) is 13.0 Å². The predicted octanol–water partition coefficient (Wildman–Crippen LogP) is 3.18. The summed E-state index contributed by atoms with van der Waals surface area (Å²) in [6.07, 6.45) is 4.25. The minimum Gasteiger partial charge on any atom is -0.348 e. The van der Waals surface area contributed by atoms with Crippen molar-refractivity contribution < 1.29 is 18.4 Å². The minimum atomic E-state index is -3.17. The lowest BCUT2D eigenvalue weighted by Crippen LogP contribution is -2.30. The molecule has 1 amide bonds. The first-order chi connectivity index (χ1) is 14.2. The number of alkyl halides is 2. The third kappa shape index (κ3) is 3.58. The average molecular weight is 413 g/mol. The van der Waals surface area contributed by atoms with E-state index in [0.717, 1.165) is 24.3 Å². The van der Waals surface area contributed by atoms with Gasteiger partial charge in [0.1, 0.15) is 5.69 Å². The van der Waals surface area contributed by atoms with Crippen LogP contribution in [0.15, 0.2) is 23.0 Å². The van der Waals surface area contributed by atoms with Crippen LogP contribution >= 0.6 is 0 Å². The lowest BCUT2D eigenvalue weighted by molar-refractivity contribution is 0.00794. The number of pyridine rings is 2. The molecule has 8 heteroatoms. The van der Waals surface area contributed by atoms with Crippen molar-refractivity contribution in [2.75, 3.05) is 0 Å². The van der Waals surface area contributed by atoms with Gasteiger partial charge in [-0.05, 0) is 55.2 Å². The smallest absolute Gasteiger partial charge is 0.285 e. The fourth-order valence-electron chi connectivity index (χ4n) is 3.71. The maximum atomic E-state index is 14.1. The summed E-state index contributed by atoms with van der Waals surface area (Å²) in [6, 6.07) is 4.46. The molecule has 2 heterocycles. The highest BCUT2D eigenvalue weighted by Crippen LogP contribution is 2.34. The number of nitrogens with one attached hydrogen (secondary N) is 1. The highest BCUT2D eigenvalue weighted by molar-refractivity contribution is 5.97. The Bertz CT molecular complexity index is 1140. The number of aromatic nitrogens is 2. The first kappa shape index (κ1) is 20.1. The molecule has 0 atom stereocenters. The third-order valence-electron chi connectivity index (χ3n) is 5.40. The lowest BCUT2D eigenvalue weighted by atomic mass is 10.0. The van der Waals surface area contributed by atoms with E-state index in [1.165, 1.54) is 18.2 Å². The van der Waals surface area contributed by atoms with Crippen LogP contribution in [0.25, 0.3) is 11.6 Å². The van der Waals surface area contributed by atoms with E-state index in [2.05, 4.69) is 10.3 Å². The number of carbonyl (C=O) groups is 2. The second-order valence-corrected chi connectivity index (χ2v) is 7.75. The Morgan fingerprint density at radius 1 is 1.37 bits per heavy atom. The zero-order valence-electron chi connectivity index (χ0n) is 16.7. The quantitative estimate of drug-likeness (QED) is 0.738. The van der Waals surface area contributed by atoms with Crippen molar-refractivity contribution in [1.82, 2.24) is 14.9 Å². The first-order valence-electron chi connectivity index (χ1n) is 9.86. The molecule has 6 nitrogen and oxygen atoms in total. The van der Waals surface area contributed by atoms with Crippen molar-refractivity contribution in [3.8, 4) is 0 Å². The van der Waals surface area contributed by atoms with Gasteiger partial charge in [-0.2, -0.15) is 0 Å². The normalized spacial score (nSPS) is 15.5. The number of hydrogen-bond acceptors (Lipinski definition) is 4. The van der Waals surface area contributed by atoms with Crippen molar-refractivity contribution in [1.29, 1.82) is 0 Å². The van der Waals surface area contributed by atoms with Crippen LogP contribution in [-0.2, 0) is 18.9 Å². The fraction of sp³-hybridized carbons (Fsp3) is 0.364. The lowest BCUT2D eigenvalue weighted by Gasteiger charge is -2.18. The summed E-state index contributed by atoms with van der Waals surface area (Å²) >= 11 is 0. The number of amides is 1. The van der Waals surface area contributed by atoms with Gasteiger partial charge in [0, 0.05) is 37.1 Å². The van der Waals surface area contributed by atoms with Crippen molar-refractivity contribution in [2.45, 2.75) is 51.6 Å². The summed E-state index contributed by atoms with van der Waals surface area (Å²) in [5, 5.41) is 2.84. The van der Waals surface area contributed by atoms with Gasteiger partial charge in [0.2, 0.25) is 0 Å². The Balaban J connectivity index is 1.77. The summed E-state index contributed by atoms with van der Waals surface area (Å²) in [7, 11) is 0. The Labute approximate surface area is 171 Å². The summed E-state index contributed by atoms with van der Waals surface area (Å²) in [6.45, 7) is 2.52. The van der Waals surface area contributed by atoms with E-state index in [-0.39, 0.29) is 47.6 Å². The molecule has 2 aliphatic carbocycles. The van der Waals surface area contributed by atoms with Crippen LogP contribution in [0.1, 0.15) is 70.1 Å². The summed E-state index contributed by atoms with van der Waals surface area (Å²) in [5.41, 5.74) is 1.22. The van der Waals surface area contributed by atoms with E-state index in [0.29, 0.717) is 23.0 Å². The van der Waals surface area contributed by atoms with E-state index >= 15 is 0 Å². The molecule has 2 aliphatic rings. The zero-order valence-corrected chi connectivity index (χ0v) is 16.7. The van der Waals surface area contributed by atoms with Gasteiger partial charge in [0.25, 0.3) is 17.4 Å². The van der Waals surface area contributed by atoms with Crippen molar-refractivity contribution in [2.24, 2.45) is 0 Å². The van der Waals surface area contributed by atoms with Gasteiger partial charge in [-0.1, -0.05) is 0 Å². The standard InChI is InChI=1S/C22H21F2N3O3/c1-3-27-18(22(2,23)24)10-13-8-14(9-16(13)21(27)30)19-12(11-28)4-7-17(26-19)20(29)25-15-5-6-15/h4,7-8,10-11,15H,3,5-6,9H2,1-2H3,(H,25,29). The summed E-state index contributed by atoms with van der Waals surface area (Å²) < 4.78 is 29.2. The van der Waals surface area contributed by atoms with Crippen molar-refractivity contribution >= 4 is 23.8 Å². The predicted molar refractivity (Wildman–Crippen MR) is 108 cm³/mol. The molecule has 0 saturated heterocycles. The van der Waals surface area contributed by atoms with Gasteiger partial charge in [-0.3, -0.25) is 14.4 Å². The highest BCUT2D eigenvalue weighted by Gasteiger charge is 2.32. The highest BCUT2D eigenvalue weighted by atomic mass is 19.3. The summed E-state index contributed by atoms with van der Waals surface area (Å²) in [4.78, 5) is 41.1. The minimum absolute atomic E-state index is 0.120. The molecular weight excluding hydrogens is 392 g/mol. The number of carbonyl (C=O) groups excluding carboxylic acids is 2. The summed E-state index contributed by atoms with van der Waals surface area (Å²) in [5.74, 6) is -3.50. The molecule has 2 aromatic heterocycles. The van der Waals surface area contributed by atoms with Crippen molar-refractivity contribution in [3.05, 3.63) is 62.3 Å². The number of allylic oxidation sites excluding steroid dienone is 1. The number of aldehydes is 1. The van der Waals surface area contributed by atoms with Crippen molar-refractivity contribution in [3.63, 3.8) is 0 Å². The number of nitrogens with zero attached hydrogens (tertiary/aromatic N) is 2. The average Bonchev–Trinajstić information content (AvgIpc) is 3.41. The second kappa shape index (κ2) is 7.27. The Morgan fingerprint density at radius 2 is 2.10 bits per heavy atom. The van der Waals surface area contributed by atoms with Crippen LogP contribution in [0.2, 0.25) is 0 Å². The Kier molecular flexibility index (Phi) is 4.88. The van der Waals surface area contributed by atoms with Gasteiger partial charge >= 0.3 is 0 Å². The number of fused-ring (bicyclic) bond motifs is 1. The van der Waals surface area contributed by atoms with E-state index in [1.807, 2.05) is 0 Å². The molecule has 156 valence electrons. The van der Waals surface area contributed by atoms with Gasteiger partial charge in [0.05, 0.1) is 11.4 Å². The molecule has 1 saturated carbocycles. The van der Waals surface area contributed by atoms with Gasteiger partial charge in [0.15, 0.2) is 6.29 Å². The molecular formula is C22H21F2N3O3. The molecule has 1 N–H and O–H groups in total. The van der Waals surface area contributed by atoms with Crippen LogP contribution in [0.5, 0.6) is 0 Å². The molecule has 0 aliphatic heterocycles. The number of halogens is 2. The first-order valence-corrected chi connectivity index (χ1v) is 9.86. The van der Waals surface area contributed by atoms with Crippen LogP contribution in [0.3, 0.4) is 0 Å². The van der Waals surface area contributed by atoms with E-state index in [4.69, 9.17) is 0 Å². The largest absolute Gasteiger partial charge is 0.348 e. The topological polar surface area (TPSA) is 81.1 Å². The van der Waals surface area contributed by atoms with Gasteiger partial charge < -0.3 is 9.88 Å². The zero-order chi connectivity index (χ0) is 21.6. The number of hydrogen-bond donors (Lipinski definition) is 1. The molecule has 0 bridgehead atoms. The molecule has 0 radical (unpaired) electrons. The number of rotatable bonds is 6. The van der Waals surface area contributed by atoms with Crippen LogP contribution < -0.4 is 10.9 Å². The van der Waals surface area contributed by atoms with Crippen LogP contribution in [0.4, 0.5) is 8.78 Å². The third-order valence-corrected chi connectivity index (χ3v) is 5.40. The Hall–Kier alpha value is -3.16. The monoisotopic (exact) mass is 413 g/mol. The molecule has 30 heavy (non-hydrogen) atoms. The maximum absolute atomic E-state index is 14.1. The van der Waals surface area contributed by atoms with Crippen LogP contribution in [-0.4, -0.2) is 27.8 Å². The second-order valence-electron chi connectivity index (χ2n) is 7.75.